The number of nitrogens with two attached hydrogens (primary N) is 1. The molecule has 96 valence electrons. The van der Waals surface area contributed by atoms with Gasteiger partial charge in [0.15, 0.2) is 0 Å². The largest absolute Gasteiger partial charge is 0.369 e. The molecule has 5 nitrogen and oxygen atoms in total. The van der Waals surface area contributed by atoms with Crippen LogP contribution in [0.15, 0.2) is 12.1 Å². The van der Waals surface area contributed by atoms with Gasteiger partial charge in [-0.3, -0.25) is 4.79 Å². The lowest BCUT2D eigenvalue weighted by Crippen LogP contribution is -2.26. The molecule has 0 saturated carbocycles. The van der Waals surface area contributed by atoms with Crippen LogP contribution in [0.3, 0.4) is 0 Å². The summed E-state index contributed by atoms with van der Waals surface area (Å²) in [6.45, 7) is 0.0390. The zero-order chi connectivity index (χ0) is 13.4. The minimum atomic E-state index is -0.562. The maximum Gasteiger partial charge on any atom is 0.242 e. The van der Waals surface area contributed by atoms with Crippen molar-refractivity contribution in [3.63, 3.8) is 0 Å². The molecule has 1 aromatic carbocycles. The number of carbonyl (C=O) groups excluding carboxylic acids is 1. The number of nitrogen functional groups attached to an aromatic ring is 1. The van der Waals surface area contributed by atoms with Gasteiger partial charge in [-0.2, -0.15) is 0 Å². The summed E-state index contributed by atoms with van der Waals surface area (Å²) >= 11 is 5.72. The average Bonchev–Trinajstić information content (AvgIpc) is 2.56. The minimum Gasteiger partial charge on any atom is -0.369 e. The van der Waals surface area contributed by atoms with Gasteiger partial charge in [-0.15, -0.1) is 0 Å². The number of hydrogen-bond donors (Lipinski definition) is 1. The number of amides is 1. The number of likely N-dealkylation sites (N-methyl/N-ethyl adjacent to an activating group) is 1. The Hall–Kier alpha value is -1.82. The molecule has 0 atom stereocenters. The SMILES string of the molecule is CN(C)C(=O)Cn1c(N)nc2cc(F)c(Cl)cc21. The van der Waals surface area contributed by atoms with Crippen molar-refractivity contribution in [3.8, 4) is 0 Å². The maximum atomic E-state index is 13.3. The fourth-order valence-electron chi connectivity index (χ4n) is 1.58. The van der Waals surface area contributed by atoms with Gasteiger partial charge in [-0.25, -0.2) is 9.37 Å². The molecular formula is C11H12ClFN4O. The van der Waals surface area contributed by atoms with Crippen molar-refractivity contribution < 1.29 is 9.18 Å². The first-order chi connectivity index (χ1) is 8.40. The number of fused-ring (bicyclic) bond motifs is 1. The van der Waals surface area contributed by atoms with Crippen LogP contribution < -0.4 is 5.73 Å². The first kappa shape index (κ1) is 12.6. The minimum absolute atomic E-state index is 0.0269. The molecule has 2 rings (SSSR count). The van der Waals surface area contributed by atoms with Crippen LogP contribution in [0.4, 0.5) is 10.3 Å². The number of halogens is 2. The normalized spacial score (nSPS) is 10.9. The molecule has 0 bridgehead atoms. The Morgan fingerprint density at radius 2 is 2.22 bits per heavy atom. The van der Waals surface area contributed by atoms with E-state index in [9.17, 15) is 9.18 Å². The number of carbonyl (C=O) groups is 1. The molecule has 0 fully saturated rings. The van der Waals surface area contributed by atoms with Crippen LogP contribution in [0.5, 0.6) is 0 Å². The highest BCUT2D eigenvalue weighted by atomic mass is 35.5. The number of aromatic nitrogens is 2. The van der Waals surface area contributed by atoms with Crippen molar-refractivity contribution in [2.24, 2.45) is 0 Å². The Labute approximate surface area is 108 Å². The van der Waals surface area contributed by atoms with Crippen LogP contribution in [-0.2, 0) is 11.3 Å². The molecule has 2 N–H and O–H groups in total. The van der Waals surface area contributed by atoms with E-state index >= 15 is 0 Å². The summed E-state index contributed by atoms with van der Waals surface area (Å²) < 4.78 is 14.8. The van der Waals surface area contributed by atoms with E-state index < -0.39 is 5.82 Å². The Kier molecular flexibility index (Phi) is 3.13. The zero-order valence-electron chi connectivity index (χ0n) is 9.94. The van der Waals surface area contributed by atoms with E-state index in [-0.39, 0.29) is 23.4 Å². The molecule has 0 radical (unpaired) electrons. The second kappa shape index (κ2) is 4.45. The van der Waals surface area contributed by atoms with Gasteiger partial charge in [0.2, 0.25) is 11.9 Å². The fourth-order valence-corrected chi connectivity index (χ4v) is 1.74. The van der Waals surface area contributed by atoms with Gasteiger partial charge in [-0.1, -0.05) is 11.6 Å². The number of anilines is 1. The molecule has 2 aromatic rings. The van der Waals surface area contributed by atoms with Gasteiger partial charge in [0.25, 0.3) is 0 Å². The number of hydrogen-bond acceptors (Lipinski definition) is 3. The smallest absolute Gasteiger partial charge is 0.242 e. The molecule has 1 heterocycles. The van der Waals surface area contributed by atoms with Gasteiger partial charge in [0.1, 0.15) is 12.4 Å². The summed E-state index contributed by atoms with van der Waals surface area (Å²) in [6.07, 6.45) is 0. The molecule has 0 unspecified atom stereocenters. The predicted molar refractivity (Wildman–Crippen MR) is 67.8 cm³/mol. The van der Waals surface area contributed by atoms with Crippen LogP contribution in [0, 0.1) is 5.82 Å². The molecule has 1 amide bonds. The van der Waals surface area contributed by atoms with E-state index in [1.807, 2.05) is 0 Å². The van der Waals surface area contributed by atoms with E-state index in [0.29, 0.717) is 11.0 Å². The summed E-state index contributed by atoms with van der Waals surface area (Å²) in [4.78, 5) is 17.1. The molecule has 0 aliphatic heterocycles. The summed E-state index contributed by atoms with van der Waals surface area (Å²) in [5.74, 6) is -0.545. The van der Waals surface area contributed by atoms with Gasteiger partial charge in [0, 0.05) is 20.2 Å². The molecular weight excluding hydrogens is 259 g/mol. The lowest BCUT2D eigenvalue weighted by Gasteiger charge is -2.12. The summed E-state index contributed by atoms with van der Waals surface area (Å²) in [5.41, 5.74) is 6.63. The summed E-state index contributed by atoms with van der Waals surface area (Å²) in [6, 6.07) is 2.61. The maximum absolute atomic E-state index is 13.3. The number of rotatable bonds is 2. The Bertz CT molecular complexity index is 623. The topological polar surface area (TPSA) is 64.2 Å². The molecule has 1 aromatic heterocycles. The highest BCUT2D eigenvalue weighted by Crippen LogP contribution is 2.24. The standard InChI is InChI=1S/C11H12ClFN4O/c1-16(2)10(18)5-17-9-3-6(12)7(13)4-8(9)15-11(17)14/h3-4H,5H2,1-2H3,(H2,14,15). The van der Waals surface area contributed by atoms with E-state index in [1.165, 1.54) is 21.6 Å². The van der Waals surface area contributed by atoms with Crippen LogP contribution in [0.25, 0.3) is 11.0 Å². The first-order valence-electron chi connectivity index (χ1n) is 5.21. The lowest BCUT2D eigenvalue weighted by atomic mass is 10.3. The van der Waals surface area contributed by atoms with Crippen molar-refractivity contribution in [1.82, 2.24) is 14.5 Å². The third-order valence-electron chi connectivity index (χ3n) is 2.61. The molecule has 7 heteroatoms. The lowest BCUT2D eigenvalue weighted by molar-refractivity contribution is -0.129. The quantitative estimate of drug-likeness (QED) is 0.899. The number of nitrogens with zero attached hydrogens (tertiary/aromatic N) is 3. The van der Waals surface area contributed by atoms with E-state index in [4.69, 9.17) is 17.3 Å². The van der Waals surface area contributed by atoms with Gasteiger partial charge in [-0.05, 0) is 6.07 Å². The second-order valence-electron chi connectivity index (χ2n) is 4.10. The highest BCUT2D eigenvalue weighted by Gasteiger charge is 2.14. The second-order valence-corrected chi connectivity index (χ2v) is 4.51. The van der Waals surface area contributed by atoms with Crippen LogP contribution in [-0.4, -0.2) is 34.5 Å². The Morgan fingerprint density at radius 3 is 2.83 bits per heavy atom. The molecule has 0 spiro atoms. The van der Waals surface area contributed by atoms with Gasteiger partial charge >= 0.3 is 0 Å². The monoisotopic (exact) mass is 270 g/mol. The highest BCUT2D eigenvalue weighted by molar-refractivity contribution is 6.31. The molecule has 0 saturated heterocycles. The average molecular weight is 271 g/mol. The van der Waals surface area contributed by atoms with Crippen molar-refractivity contribution in [1.29, 1.82) is 0 Å². The van der Waals surface area contributed by atoms with Crippen molar-refractivity contribution in [3.05, 3.63) is 23.0 Å². The molecule has 18 heavy (non-hydrogen) atoms. The first-order valence-corrected chi connectivity index (χ1v) is 5.59. The number of benzene rings is 1. The van der Waals surface area contributed by atoms with Crippen LogP contribution >= 0.6 is 11.6 Å². The van der Waals surface area contributed by atoms with Crippen LogP contribution in [0.1, 0.15) is 0 Å². The predicted octanol–water partition coefficient (Wildman–Crippen LogP) is 1.50. The molecule has 0 aliphatic carbocycles. The fraction of sp³-hybridized carbons (Fsp3) is 0.273. The third kappa shape index (κ3) is 2.11. The van der Waals surface area contributed by atoms with E-state index in [1.54, 1.807) is 14.1 Å². The molecule has 0 aliphatic rings. The van der Waals surface area contributed by atoms with Crippen molar-refractivity contribution in [2.45, 2.75) is 6.54 Å². The summed E-state index contributed by atoms with van der Waals surface area (Å²) in [7, 11) is 3.29. The zero-order valence-corrected chi connectivity index (χ0v) is 10.7. The van der Waals surface area contributed by atoms with E-state index in [2.05, 4.69) is 4.98 Å². The van der Waals surface area contributed by atoms with E-state index in [0.717, 1.165) is 0 Å². The third-order valence-corrected chi connectivity index (χ3v) is 2.90. The van der Waals surface area contributed by atoms with Crippen molar-refractivity contribution in [2.75, 3.05) is 19.8 Å². The Morgan fingerprint density at radius 1 is 1.56 bits per heavy atom. The van der Waals surface area contributed by atoms with Gasteiger partial charge < -0.3 is 15.2 Å². The van der Waals surface area contributed by atoms with Crippen LogP contribution in [0.2, 0.25) is 5.02 Å². The van der Waals surface area contributed by atoms with Crippen molar-refractivity contribution >= 4 is 34.5 Å². The number of imidazole rings is 1. The summed E-state index contributed by atoms with van der Waals surface area (Å²) in [5, 5.41) is -0.0269. The van der Waals surface area contributed by atoms with Gasteiger partial charge in [0.05, 0.1) is 16.1 Å². The Balaban J connectivity index is 2.53.